The Morgan fingerprint density at radius 1 is 1.12 bits per heavy atom. The Morgan fingerprint density at radius 3 is 2.62 bits per heavy atom. The molecule has 0 radical (unpaired) electrons. The van der Waals surface area contributed by atoms with Crippen LogP contribution in [0.3, 0.4) is 0 Å². The van der Waals surface area contributed by atoms with Crippen molar-refractivity contribution in [3.8, 4) is 11.8 Å². The van der Waals surface area contributed by atoms with Crippen LogP contribution in [0.5, 0.6) is 5.75 Å². The van der Waals surface area contributed by atoms with E-state index < -0.39 is 0 Å². The van der Waals surface area contributed by atoms with Gasteiger partial charge in [-0.15, -0.1) is 0 Å². The lowest BCUT2D eigenvalue weighted by atomic mass is 10.1. The number of methoxy groups -OCH3 is 1. The van der Waals surface area contributed by atoms with E-state index in [-0.39, 0.29) is 11.6 Å². The molecule has 0 bridgehead atoms. The summed E-state index contributed by atoms with van der Waals surface area (Å²) in [6, 6.07) is 17.3. The standard InChI is InChI=1S/C25H24N4O3/c1-18-6-5-8-20(16-18)24(30)28-12-14-29(15-13-28)25-21(17-26)27-23(32-25)11-10-19-7-3-4-9-22(19)31-2/h3-11,16H,12-15H2,1-2H3. The number of para-hydroxylation sites is 1. The predicted octanol–water partition coefficient (Wildman–Crippen LogP) is 4.00. The van der Waals surface area contributed by atoms with Gasteiger partial charge in [0.2, 0.25) is 17.5 Å². The van der Waals surface area contributed by atoms with Crippen molar-refractivity contribution in [2.45, 2.75) is 6.92 Å². The van der Waals surface area contributed by atoms with Crippen molar-refractivity contribution in [3.63, 3.8) is 0 Å². The van der Waals surface area contributed by atoms with Gasteiger partial charge in [-0.2, -0.15) is 10.2 Å². The first kappa shape index (κ1) is 21.2. The highest BCUT2D eigenvalue weighted by atomic mass is 16.5. The van der Waals surface area contributed by atoms with Crippen LogP contribution in [0.25, 0.3) is 12.2 Å². The maximum atomic E-state index is 12.8. The first-order valence-corrected chi connectivity index (χ1v) is 10.4. The van der Waals surface area contributed by atoms with Crippen molar-refractivity contribution in [1.29, 1.82) is 5.26 Å². The summed E-state index contributed by atoms with van der Waals surface area (Å²) in [6.07, 6.45) is 3.56. The van der Waals surface area contributed by atoms with Gasteiger partial charge in [-0.25, -0.2) is 0 Å². The van der Waals surface area contributed by atoms with Gasteiger partial charge in [-0.3, -0.25) is 4.79 Å². The number of anilines is 1. The molecule has 2 heterocycles. The molecule has 0 unspecified atom stereocenters. The van der Waals surface area contributed by atoms with E-state index in [4.69, 9.17) is 9.15 Å². The van der Waals surface area contributed by atoms with Crippen LogP contribution in [0.2, 0.25) is 0 Å². The Kier molecular flexibility index (Phi) is 6.22. The highest BCUT2D eigenvalue weighted by molar-refractivity contribution is 5.94. The molecule has 2 aromatic carbocycles. The molecule has 0 atom stereocenters. The van der Waals surface area contributed by atoms with Crippen molar-refractivity contribution in [2.24, 2.45) is 0 Å². The third-order valence-corrected chi connectivity index (χ3v) is 5.40. The summed E-state index contributed by atoms with van der Waals surface area (Å²) in [5.74, 6) is 1.55. The fourth-order valence-corrected chi connectivity index (χ4v) is 3.73. The highest BCUT2D eigenvalue weighted by Gasteiger charge is 2.26. The fourth-order valence-electron chi connectivity index (χ4n) is 3.73. The molecule has 1 aliphatic heterocycles. The SMILES string of the molecule is COc1ccccc1C=Cc1nc(C#N)c(N2CCN(C(=O)c3cccc(C)c3)CC2)o1. The molecule has 0 N–H and O–H groups in total. The van der Waals surface area contributed by atoms with E-state index >= 15 is 0 Å². The molecule has 162 valence electrons. The second-order valence-corrected chi connectivity index (χ2v) is 7.54. The number of nitrogens with zero attached hydrogens (tertiary/aromatic N) is 4. The molecule has 1 aromatic heterocycles. The Hall–Kier alpha value is -4.05. The lowest BCUT2D eigenvalue weighted by Gasteiger charge is -2.34. The number of aromatic nitrogens is 1. The molecular formula is C25H24N4O3. The molecule has 0 aliphatic carbocycles. The van der Waals surface area contributed by atoms with Crippen molar-refractivity contribution in [3.05, 3.63) is 76.8 Å². The number of nitriles is 1. The van der Waals surface area contributed by atoms with E-state index in [2.05, 4.69) is 11.1 Å². The molecule has 7 nitrogen and oxygen atoms in total. The van der Waals surface area contributed by atoms with E-state index in [1.807, 2.05) is 71.3 Å². The Morgan fingerprint density at radius 2 is 1.91 bits per heavy atom. The molecule has 1 amide bonds. The number of hydrogen-bond donors (Lipinski definition) is 0. The van der Waals surface area contributed by atoms with Gasteiger partial charge in [0.15, 0.2) is 0 Å². The van der Waals surface area contributed by atoms with E-state index in [0.29, 0.717) is 43.5 Å². The second-order valence-electron chi connectivity index (χ2n) is 7.54. The van der Waals surface area contributed by atoms with Crippen LogP contribution in [0, 0.1) is 18.3 Å². The number of ether oxygens (including phenoxy) is 1. The summed E-state index contributed by atoms with van der Waals surface area (Å²) in [6.45, 7) is 4.20. The summed E-state index contributed by atoms with van der Waals surface area (Å²) in [7, 11) is 1.62. The van der Waals surface area contributed by atoms with Crippen LogP contribution < -0.4 is 9.64 Å². The van der Waals surface area contributed by atoms with Gasteiger partial charge in [0, 0.05) is 43.4 Å². The molecule has 7 heteroatoms. The number of hydrogen-bond acceptors (Lipinski definition) is 6. The van der Waals surface area contributed by atoms with Gasteiger partial charge in [-0.1, -0.05) is 35.9 Å². The van der Waals surface area contributed by atoms with Crippen molar-refractivity contribution < 1.29 is 13.9 Å². The van der Waals surface area contributed by atoms with Gasteiger partial charge in [-0.05, 0) is 31.2 Å². The minimum absolute atomic E-state index is 0.0202. The van der Waals surface area contributed by atoms with E-state index in [9.17, 15) is 10.1 Å². The van der Waals surface area contributed by atoms with Crippen LogP contribution in [-0.4, -0.2) is 49.1 Å². The molecule has 1 fully saturated rings. The number of benzene rings is 2. The highest BCUT2D eigenvalue weighted by Crippen LogP contribution is 2.26. The lowest BCUT2D eigenvalue weighted by Crippen LogP contribution is -2.48. The van der Waals surface area contributed by atoms with Crippen LogP contribution in [-0.2, 0) is 0 Å². The zero-order chi connectivity index (χ0) is 22.5. The smallest absolute Gasteiger partial charge is 0.253 e. The van der Waals surface area contributed by atoms with E-state index in [1.165, 1.54) is 0 Å². The molecular weight excluding hydrogens is 404 g/mol. The number of oxazole rings is 1. The second kappa shape index (κ2) is 9.40. The first-order valence-electron chi connectivity index (χ1n) is 10.4. The number of carbonyl (C=O) groups excluding carboxylic acids is 1. The molecule has 4 rings (SSSR count). The number of piperazine rings is 1. The predicted molar refractivity (Wildman–Crippen MR) is 122 cm³/mol. The van der Waals surface area contributed by atoms with Crippen LogP contribution in [0.1, 0.15) is 33.1 Å². The third-order valence-electron chi connectivity index (χ3n) is 5.40. The van der Waals surface area contributed by atoms with Gasteiger partial charge in [0.1, 0.15) is 11.8 Å². The monoisotopic (exact) mass is 428 g/mol. The molecule has 3 aromatic rings. The summed E-state index contributed by atoms with van der Waals surface area (Å²) in [4.78, 5) is 20.9. The zero-order valence-corrected chi connectivity index (χ0v) is 18.1. The van der Waals surface area contributed by atoms with E-state index in [0.717, 1.165) is 16.9 Å². The Bertz CT molecular complexity index is 1180. The molecule has 32 heavy (non-hydrogen) atoms. The average Bonchev–Trinajstić information content (AvgIpc) is 3.26. The van der Waals surface area contributed by atoms with Crippen molar-refractivity contribution in [1.82, 2.24) is 9.88 Å². The quantitative estimate of drug-likeness (QED) is 0.611. The van der Waals surface area contributed by atoms with E-state index in [1.54, 1.807) is 13.2 Å². The van der Waals surface area contributed by atoms with Gasteiger partial charge in [0.25, 0.3) is 5.91 Å². The number of amides is 1. The van der Waals surface area contributed by atoms with Crippen molar-refractivity contribution in [2.75, 3.05) is 38.2 Å². The summed E-state index contributed by atoms with van der Waals surface area (Å²) in [5.41, 5.74) is 2.88. The number of aryl methyl sites for hydroxylation is 1. The third kappa shape index (κ3) is 4.49. The number of carbonyl (C=O) groups is 1. The molecule has 1 saturated heterocycles. The van der Waals surface area contributed by atoms with Crippen LogP contribution in [0.15, 0.2) is 52.9 Å². The molecule has 0 spiro atoms. The van der Waals surface area contributed by atoms with Crippen LogP contribution >= 0.6 is 0 Å². The summed E-state index contributed by atoms with van der Waals surface area (Å²) >= 11 is 0. The van der Waals surface area contributed by atoms with Gasteiger partial charge >= 0.3 is 0 Å². The van der Waals surface area contributed by atoms with Gasteiger partial charge in [0.05, 0.1) is 7.11 Å². The largest absolute Gasteiger partial charge is 0.496 e. The lowest BCUT2D eigenvalue weighted by molar-refractivity contribution is 0.0745. The molecule has 1 aliphatic rings. The van der Waals surface area contributed by atoms with Gasteiger partial charge < -0.3 is 19.0 Å². The number of rotatable bonds is 5. The summed E-state index contributed by atoms with van der Waals surface area (Å²) < 4.78 is 11.2. The first-order chi connectivity index (χ1) is 15.6. The topological polar surface area (TPSA) is 82.6 Å². The van der Waals surface area contributed by atoms with Crippen molar-refractivity contribution >= 4 is 23.9 Å². The molecule has 0 saturated carbocycles. The minimum Gasteiger partial charge on any atom is -0.496 e. The Balaban J connectivity index is 1.46. The maximum Gasteiger partial charge on any atom is 0.253 e. The summed E-state index contributed by atoms with van der Waals surface area (Å²) in [5, 5.41) is 9.54. The zero-order valence-electron chi connectivity index (χ0n) is 18.1. The maximum absolute atomic E-state index is 12.8. The normalized spacial score (nSPS) is 13.9. The average molecular weight is 428 g/mol. The minimum atomic E-state index is 0.0202. The fraction of sp³-hybridized carbons (Fsp3) is 0.240. The Labute approximate surface area is 187 Å². The van der Waals surface area contributed by atoms with Crippen LogP contribution in [0.4, 0.5) is 5.88 Å².